The van der Waals surface area contributed by atoms with Crippen LogP contribution in [0.3, 0.4) is 0 Å². The molecule has 4 fully saturated rings. The fourth-order valence-electron chi connectivity index (χ4n) is 4.07. The number of ether oxygens (including phenoxy) is 6. The van der Waals surface area contributed by atoms with Crippen molar-refractivity contribution in [1.29, 1.82) is 0 Å². The van der Waals surface area contributed by atoms with Gasteiger partial charge in [-0.3, -0.25) is 0 Å². The second-order valence-electron chi connectivity index (χ2n) is 8.44. The lowest BCUT2D eigenvalue weighted by Gasteiger charge is -2.22. The SMILES string of the molecule is C=C1[C@H]2OC(C)(C)O[C@H]2O[C@@H]1CC.CC[C@H]1O[C@@H]2OC(C)(C)O[C@@H]2[C@@H]1C. The van der Waals surface area contributed by atoms with Crippen LogP contribution < -0.4 is 0 Å². The summed E-state index contributed by atoms with van der Waals surface area (Å²) in [6.07, 6.45) is 2.03. The molecule has 7 atom stereocenters. The molecule has 0 aliphatic carbocycles. The van der Waals surface area contributed by atoms with Gasteiger partial charge < -0.3 is 28.4 Å². The molecule has 0 aromatic rings. The molecule has 0 saturated carbocycles. The summed E-state index contributed by atoms with van der Waals surface area (Å²) in [7, 11) is 0. The van der Waals surface area contributed by atoms with Crippen LogP contribution in [-0.2, 0) is 28.4 Å². The molecule has 26 heavy (non-hydrogen) atoms. The summed E-state index contributed by atoms with van der Waals surface area (Å²) in [5.74, 6) is -0.559. The standard InChI is InChI=1S/C10H18O3.C10H16O3/c2*1-5-7-6(2)8-9(11-7)13-10(3,4)12-8/h6-9H,5H2,1-4H3;7-9H,2,5H2,1,3-4H3/t6-,7-,8-,9-;7-,8-,9-/m11/s1. The lowest BCUT2D eigenvalue weighted by Crippen LogP contribution is -2.28. The minimum atomic E-state index is -0.531. The Morgan fingerprint density at radius 2 is 1.46 bits per heavy atom. The second kappa shape index (κ2) is 7.15. The molecule has 0 aromatic heterocycles. The third-order valence-corrected chi connectivity index (χ3v) is 5.41. The van der Waals surface area contributed by atoms with E-state index in [1.54, 1.807) is 0 Å². The molecule has 0 bridgehead atoms. The molecule has 0 unspecified atom stereocenters. The van der Waals surface area contributed by atoms with Gasteiger partial charge in [-0.15, -0.1) is 0 Å². The summed E-state index contributed by atoms with van der Waals surface area (Å²) in [4.78, 5) is 0. The van der Waals surface area contributed by atoms with Crippen molar-refractivity contribution in [2.24, 2.45) is 5.92 Å². The maximum Gasteiger partial charge on any atom is 0.191 e. The predicted molar refractivity (Wildman–Crippen MR) is 96.3 cm³/mol. The van der Waals surface area contributed by atoms with E-state index in [9.17, 15) is 0 Å². The van der Waals surface area contributed by atoms with Gasteiger partial charge in [0.15, 0.2) is 24.2 Å². The molecule has 150 valence electrons. The van der Waals surface area contributed by atoms with E-state index in [0.29, 0.717) is 12.0 Å². The first-order valence-electron chi connectivity index (χ1n) is 9.77. The van der Waals surface area contributed by atoms with Crippen molar-refractivity contribution in [2.75, 3.05) is 0 Å². The Morgan fingerprint density at radius 3 is 2.00 bits per heavy atom. The van der Waals surface area contributed by atoms with Crippen molar-refractivity contribution in [1.82, 2.24) is 0 Å². The Labute approximate surface area is 157 Å². The van der Waals surface area contributed by atoms with Crippen LogP contribution in [-0.4, -0.2) is 48.6 Å². The van der Waals surface area contributed by atoms with Crippen LogP contribution in [0.2, 0.25) is 0 Å². The molecule has 4 aliphatic rings. The molecule has 0 radical (unpaired) electrons. The van der Waals surface area contributed by atoms with Gasteiger partial charge in [0.2, 0.25) is 0 Å². The summed E-state index contributed by atoms with van der Waals surface area (Å²) in [6, 6.07) is 0. The van der Waals surface area contributed by atoms with Crippen molar-refractivity contribution in [3.63, 3.8) is 0 Å². The van der Waals surface area contributed by atoms with E-state index in [1.807, 2.05) is 27.7 Å². The van der Waals surface area contributed by atoms with E-state index in [-0.39, 0.29) is 30.9 Å². The van der Waals surface area contributed by atoms with Crippen molar-refractivity contribution in [2.45, 2.75) is 110 Å². The molecule has 6 heteroatoms. The van der Waals surface area contributed by atoms with Crippen molar-refractivity contribution < 1.29 is 28.4 Å². The third kappa shape index (κ3) is 3.86. The highest BCUT2D eigenvalue weighted by Crippen LogP contribution is 2.41. The molecule has 4 saturated heterocycles. The summed E-state index contributed by atoms with van der Waals surface area (Å²) in [5, 5.41) is 0. The number of fused-ring (bicyclic) bond motifs is 2. The fraction of sp³-hybridized carbons (Fsp3) is 0.900. The van der Waals surface area contributed by atoms with E-state index in [4.69, 9.17) is 28.4 Å². The monoisotopic (exact) mass is 370 g/mol. The molecular weight excluding hydrogens is 336 g/mol. The molecule has 4 heterocycles. The molecule has 4 aliphatic heterocycles. The minimum Gasteiger partial charge on any atom is -0.346 e. The van der Waals surface area contributed by atoms with Gasteiger partial charge in [0.1, 0.15) is 12.2 Å². The zero-order valence-corrected chi connectivity index (χ0v) is 17.1. The van der Waals surface area contributed by atoms with Crippen LogP contribution in [0.4, 0.5) is 0 Å². The summed E-state index contributed by atoms with van der Waals surface area (Å²) in [6.45, 7) is 18.0. The van der Waals surface area contributed by atoms with Gasteiger partial charge >= 0.3 is 0 Å². The molecular formula is C20H34O6. The fourth-order valence-corrected chi connectivity index (χ4v) is 4.07. The maximum atomic E-state index is 5.77. The quantitative estimate of drug-likeness (QED) is 0.690. The summed E-state index contributed by atoms with van der Waals surface area (Å²) >= 11 is 0. The predicted octanol–water partition coefficient (Wildman–Crippen LogP) is 3.74. The zero-order chi connectivity index (χ0) is 19.3. The minimum absolute atomic E-state index is 0.0695. The summed E-state index contributed by atoms with van der Waals surface area (Å²) in [5.41, 5.74) is 1.01. The smallest absolute Gasteiger partial charge is 0.191 e. The number of rotatable bonds is 2. The first-order chi connectivity index (χ1) is 12.1. The summed E-state index contributed by atoms with van der Waals surface area (Å²) < 4.78 is 34.0. The Hall–Kier alpha value is -0.500. The van der Waals surface area contributed by atoms with Gasteiger partial charge in [0, 0.05) is 5.92 Å². The highest BCUT2D eigenvalue weighted by molar-refractivity contribution is 5.17. The second-order valence-corrected chi connectivity index (χ2v) is 8.44. The number of hydrogen-bond acceptors (Lipinski definition) is 6. The van der Waals surface area contributed by atoms with E-state index in [1.165, 1.54) is 0 Å². The normalized spacial score (nSPS) is 45.2. The topological polar surface area (TPSA) is 55.4 Å². The van der Waals surface area contributed by atoms with Crippen molar-refractivity contribution >= 4 is 0 Å². The van der Waals surface area contributed by atoms with E-state index >= 15 is 0 Å². The first kappa shape index (κ1) is 20.2. The average molecular weight is 370 g/mol. The Bertz CT molecular complexity index is 530. The average Bonchev–Trinajstić information content (AvgIpc) is 3.20. The Balaban J connectivity index is 0.000000151. The van der Waals surface area contributed by atoms with E-state index in [0.717, 1.165) is 18.4 Å². The highest BCUT2D eigenvalue weighted by atomic mass is 16.8. The molecule has 0 N–H and O–H groups in total. The third-order valence-electron chi connectivity index (χ3n) is 5.41. The van der Waals surface area contributed by atoms with Crippen LogP contribution >= 0.6 is 0 Å². The van der Waals surface area contributed by atoms with Crippen molar-refractivity contribution in [3.8, 4) is 0 Å². The van der Waals surface area contributed by atoms with E-state index < -0.39 is 11.6 Å². The van der Waals surface area contributed by atoms with Crippen LogP contribution in [0.1, 0.15) is 61.3 Å². The maximum absolute atomic E-state index is 5.77. The Morgan fingerprint density at radius 1 is 0.846 bits per heavy atom. The largest absolute Gasteiger partial charge is 0.346 e. The van der Waals surface area contributed by atoms with Gasteiger partial charge in [0.05, 0.1) is 12.2 Å². The van der Waals surface area contributed by atoms with Gasteiger partial charge in [0.25, 0.3) is 0 Å². The molecule has 4 rings (SSSR count). The molecule has 0 amide bonds. The lowest BCUT2D eigenvalue weighted by atomic mass is 9.99. The molecule has 0 spiro atoms. The van der Waals surface area contributed by atoms with E-state index in [2.05, 4.69) is 27.4 Å². The van der Waals surface area contributed by atoms with Gasteiger partial charge in [-0.25, -0.2) is 0 Å². The lowest BCUT2D eigenvalue weighted by molar-refractivity contribution is -0.209. The highest BCUT2D eigenvalue weighted by Gasteiger charge is 2.52. The Kier molecular flexibility index (Phi) is 5.57. The molecule has 0 aromatic carbocycles. The van der Waals surface area contributed by atoms with Gasteiger partial charge in [-0.1, -0.05) is 27.4 Å². The van der Waals surface area contributed by atoms with Gasteiger partial charge in [-0.05, 0) is 46.1 Å². The van der Waals surface area contributed by atoms with Crippen LogP contribution in [0.5, 0.6) is 0 Å². The zero-order valence-electron chi connectivity index (χ0n) is 17.1. The molecule has 6 nitrogen and oxygen atoms in total. The number of hydrogen-bond donors (Lipinski definition) is 0. The van der Waals surface area contributed by atoms with Crippen LogP contribution in [0, 0.1) is 5.92 Å². The van der Waals surface area contributed by atoms with Crippen molar-refractivity contribution in [3.05, 3.63) is 12.2 Å². The van der Waals surface area contributed by atoms with Gasteiger partial charge in [-0.2, -0.15) is 0 Å². The van der Waals surface area contributed by atoms with Crippen LogP contribution in [0.25, 0.3) is 0 Å². The first-order valence-corrected chi connectivity index (χ1v) is 9.77. The van der Waals surface area contributed by atoms with Crippen LogP contribution in [0.15, 0.2) is 12.2 Å².